The summed E-state index contributed by atoms with van der Waals surface area (Å²) in [5.74, 6) is -3.33. The number of alkyl halides is 3. The lowest BCUT2D eigenvalue weighted by Gasteiger charge is -2.10. The fourth-order valence-corrected chi connectivity index (χ4v) is 1.28. The maximum absolute atomic E-state index is 13.1. The van der Waals surface area contributed by atoms with Gasteiger partial charge in [-0.05, 0) is 12.1 Å². The Bertz CT molecular complexity index is 409. The summed E-state index contributed by atoms with van der Waals surface area (Å²) >= 11 is 5.38. The third kappa shape index (κ3) is 2.79. The van der Waals surface area contributed by atoms with E-state index >= 15 is 0 Å². The number of carboxylic acid groups (broad SMARTS) is 1. The van der Waals surface area contributed by atoms with Crippen LogP contribution in [0.2, 0.25) is 0 Å². The van der Waals surface area contributed by atoms with Gasteiger partial charge in [0.1, 0.15) is 11.6 Å². The van der Waals surface area contributed by atoms with Gasteiger partial charge in [0.2, 0.25) is 0 Å². The summed E-state index contributed by atoms with van der Waals surface area (Å²) in [6.07, 6.45) is 0. The zero-order valence-electron chi connectivity index (χ0n) is 7.71. The molecule has 88 valence electrons. The van der Waals surface area contributed by atoms with E-state index in [9.17, 15) is 18.0 Å². The Hall–Kier alpha value is -1.43. The van der Waals surface area contributed by atoms with Crippen LogP contribution in [0.1, 0.15) is 15.9 Å². The number of aromatic carboxylic acids is 1. The van der Waals surface area contributed by atoms with Crippen LogP contribution < -0.4 is 4.74 Å². The molecule has 0 amide bonds. The van der Waals surface area contributed by atoms with Gasteiger partial charge in [0.25, 0.3) is 0 Å². The molecule has 16 heavy (non-hydrogen) atoms. The zero-order valence-corrected chi connectivity index (χ0v) is 8.47. The molecular weight excluding hydrogens is 249 g/mol. The number of carboxylic acids is 1. The quantitative estimate of drug-likeness (QED) is 0.841. The molecule has 0 aliphatic carbocycles. The van der Waals surface area contributed by atoms with Gasteiger partial charge in [-0.1, -0.05) is 0 Å². The lowest BCUT2D eigenvalue weighted by molar-refractivity contribution is -0.0504. The summed E-state index contributed by atoms with van der Waals surface area (Å²) < 4.78 is 41.1. The number of halogens is 4. The molecule has 1 rings (SSSR count). The minimum absolute atomic E-state index is 0.0375. The Labute approximate surface area is 93.4 Å². The van der Waals surface area contributed by atoms with E-state index in [1.807, 2.05) is 0 Å². The highest BCUT2D eigenvalue weighted by Gasteiger charge is 2.17. The van der Waals surface area contributed by atoms with Crippen molar-refractivity contribution in [2.24, 2.45) is 0 Å². The van der Waals surface area contributed by atoms with E-state index in [0.717, 1.165) is 6.07 Å². The molecule has 0 fully saturated rings. The van der Waals surface area contributed by atoms with Crippen molar-refractivity contribution in [1.82, 2.24) is 0 Å². The molecule has 0 bridgehead atoms. The predicted molar refractivity (Wildman–Crippen MR) is 49.5 cm³/mol. The van der Waals surface area contributed by atoms with Crippen molar-refractivity contribution in [2.75, 3.05) is 0 Å². The minimum atomic E-state index is -3.13. The topological polar surface area (TPSA) is 46.5 Å². The van der Waals surface area contributed by atoms with Crippen molar-refractivity contribution >= 4 is 17.6 Å². The molecule has 0 heterocycles. The van der Waals surface area contributed by atoms with Crippen LogP contribution in [0.25, 0.3) is 0 Å². The lowest BCUT2D eigenvalue weighted by atomic mass is 10.1. The van der Waals surface area contributed by atoms with E-state index in [2.05, 4.69) is 4.74 Å². The van der Waals surface area contributed by atoms with Crippen LogP contribution in [0, 0.1) is 5.82 Å². The van der Waals surface area contributed by atoms with E-state index in [-0.39, 0.29) is 11.4 Å². The van der Waals surface area contributed by atoms with E-state index < -0.39 is 29.7 Å². The molecule has 0 aromatic heterocycles. The van der Waals surface area contributed by atoms with Gasteiger partial charge >= 0.3 is 12.6 Å². The van der Waals surface area contributed by atoms with Gasteiger partial charge in [-0.2, -0.15) is 8.78 Å². The second-order valence-electron chi connectivity index (χ2n) is 2.76. The highest BCUT2D eigenvalue weighted by molar-refractivity contribution is 6.17. The minimum Gasteiger partial charge on any atom is -0.478 e. The van der Waals surface area contributed by atoms with Crippen molar-refractivity contribution in [3.8, 4) is 5.75 Å². The van der Waals surface area contributed by atoms with Crippen molar-refractivity contribution in [2.45, 2.75) is 12.5 Å². The molecule has 0 aliphatic rings. The molecule has 1 aromatic rings. The molecule has 0 radical (unpaired) electrons. The first-order valence-electron chi connectivity index (χ1n) is 4.02. The van der Waals surface area contributed by atoms with Crippen molar-refractivity contribution < 1.29 is 27.8 Å². The number of hydrogen-bond acceptors (Lipinski definition) is 2. The molecule has 0 spiro atoms. The molecule has 0 unspecified atom stereocenters. The predicted octanol–water partition coefficient (Wildman–Crippen LogP) is 2.86. The van der Waals surface area contributed by atoms with Crippen LogP contribution in [-0.2, 0) is 5.88 Å². The second kappa shape index (κ2) is 5.07. The summed E-state index contributed by atoms with van der Waals surface area (Å²) in [6.45, 7) is -3.13. The first-order valence-corrected chi connectivity index (χ1v) is 4.55. The fraction of sp³-hybridized carbons (Fsp3) is 0.222. The molecule has 0 saturated carbocycles. The van der Waals surface area contributed by atoms with Gasteiger partial charge in [0, 0.05) is 5.56 Å². The Morgan fingerprint density at radius 1 is 1.50 bits per heavy atom. The summed E-state index contributed by atoms with van der Waals surface area (Å²) in [4.78, 5) is 10.5. The zero-order chi connectivity index (χ0) is 12.3. The number of carbonyl (C=O) groups is 1. The number of hydrogen-bond donors (Lipinski definition) is 1. The number of rotatable bonds is 4. The van der Waals surface area contributed by atoms with Gasteiger partial charge in [-0.15, -0.1) is 11.6 Å². The average molecular weight is 255 g/mol. The Balaban J connectivity index is 3.23. The molecule has 0 aliphatic heterocycles. The highest BCUT2D eigenvalue weighted by atomic mass is 35.5. The SMILES string of the molecule is O=C(O)c1cc(OC(F)F)c(CCl)cc1F. The molecular formula is C9H6ClF3O3. The summed E-state index contributed by atoms with van der Waals surface area (Å²) in [5.41, 5.74) is -0.783. The van der Waals surface area contributed by atoms with Gasteiger partial charge < -0.3 is 9.84 Å². The van der Waals surface area contributed by atoms with E-state index in [1.54, 1.807) is 0 Å². The van der Waals surface area contributed by atoms with E-state index in [0.29, 0.717) is 6.07 Å². The molecule has 0 atom stereocenters. The highest BCUT2D eigenvalue weighted by Crippen LogP contribution is 2.26. The monoisotopic (exact) mass is 254 g/mol. The number of benzene rings is 1. The van der Waals surface area contributed by atoms with Crippen LogP contribution in [0.3, 0.4) is 0 Å². The van der Waals surface area contributed by atoms with Crippen LogP contribution in [0.5, 0.6) is 5.75 Å². The summed E-state index contributed by atoms with van der Waals surface area (Å²) in [6, 6.07) is 1.44. The smallest absolute Gasteiger partial charge is 0.387 e. The van der Waals surface area contributed by atoms with Gasteiger partial charge in [-0.25, -0.2) is 9.18 Å². The Morgan fingerprint density at radius 2 is 2.12 bits per heavy atom. The standard InChI is InChI=1S/C9H6ClF3O3/c10-3-4-1-6(11)5(8(14)15)2-7(4)16-9(12)13/h1-2,9H,3H2,(H,14,15). The second-order valence-corrected chi connectivity index (χ2v) is 3.02. The first-order chi connectivity index (χ1) is 7.45. The van der Waals surface area contributed by atoms with Crippen LogP contribution in [0.15, 0.2) is 12.1 Å². The van der Waals surface area contributed by atoms with Crippen LogP contribution >= 0.6 is 11.6 Å². The van der Waals surface area contributed by atoms with Gasteiger partial charge in [0.05, 0.1) is 11.4 Å². The van der Waals surface area contributed by atoms with Crippen molar-refractivity contribution in [3.63, 3.8) is 0 Å². The van der Waals surface area contributed by atoms with E-state index in [1.165, 1.54) is 0 Å². The van der Waals surface area contributed by atoms with Gasteiger partial charge in [0.15, 0.2) is 0 Å². The molecule has 1 aromatic carbocycles. The Morgan fingerprint density at radius 3 is 2.56 bits per heavy atom. The maximum atomic E-state index is 13.1. The third-order valence-electron chi connectivity index (χ3n) is 1.74. The first kappa shape index (κ1) is 12.6. The molecule has 0 saturated heterocycles. The summed E-state index contributed by atoms with van der Waals surface area (Å²) in [5, 5.41) is 8.57. The third-order valence-corrected chi connectivity index (χ3v) is 2.03. The average Bonchev–Trinajstić information content (AvgIpc) is 2.18. The Kier molecular flexibility index (Phi) is 4.00. The largest absolute Gasteiger partial charge is 0.478 e. The van der Waals surface area contributed by atoms with Crippen LogP contribution in [0.4, 0.5) is 13.2 Å². The van der Waals surface area contributed by atoms with Crippen molar-refractivity contribution in [3.05, 3.63) is 29.1 Å². The van der Waals surface area contributed by atoms with E-state index in [4.69, 9.17) is 16.7 Å². The van der Waals surface area contributed by atoms with Crippen molar-refractivity contribution in [1.29, 1.82) is 0 Å². The fourth-order valence-electron chi connectivity index (χ4n) is 1.07. The lowest BCUT2D eigenvalue weighted by Crippen LogP contribution is -2.08. The van der Waals surface area contributed by atoms with Gasteiger partial charge in [-0.3, -0.25) is 0 Å². The molecule has 3 nitrogen and oxygen atoms in total. The molecule has 7 heteroatoms. The normalized spacial score (nSPS) is 10.6. The number of ether oxygens (including phenoxy) is 1. The molecule has 1 N–H and O–H groups in total. The maximum Gasteiger partial charge on any atom is 0.387 e. The van der Waals surface area contributed by atoms with Crippen LogP contribution in [-0.4, -0.2) is 17.7 Å². The summed E-state index contributed by atoms with van der Waals surface area (Å²) in [7, 11) is 0.